The summed E-state index contributed by atoms with van der Waals surface area (Å²) in [6.07, 6.45) is -0.807. The lowest BCUT2D eigenvalue weighted by Gasteiger charge is -2.45. The molecule has 0 amide bonds. The molecule has 196 valence electrons. The van der Waals surface area contributed by atoms with E-state index in [1.807, 2.05) is 91.0 Å². The highest BCUT2D eigenvalue weighted by Gasteiger charge is 2.48. The maximum absolute atomic E-state index is 6.44. The summed E-state index contributed by atoms with van der Waals surface area (Å²) in [5.41, 5.74) is 3.20. The second-order valence-corrected chi connectivity index (χ2v) is 8.89. The zero-order chi connectivity index (χ0) is 25.7. The number of hydrogen-bond donors (Lipinski definition) is 0. The summed E-state index contributed by atoms with van der Waals surface area (Å²) >= 11 is 0. The first-order valence-corrected chi connectivity index (χ1v) is 12.6. The van der Waals surface area contributed by atoms with Crippen LogP contribution in [0.2, 0.25) is 0 Å². The van der Waals surface area contributed by atoms with Gasteiger partial charge in [0.25, 0.3) is 0 Å². The Labute approximate surface area is 219 Å². The van der Waals surface area contributed by atoms with Crippen molar-refractivity contribution < 1.29 is 28.4 Å². The fourth-order valence-electron chi connectivity index (χ4n) is 4.36. The molecule has 4 rings (SSSR count). The predicted octanol–water partition coefficient (Wildman–Crippen LogP) is 5.32. The van der Waals surface area contributed by atoms with Crippen molar-refractivity contribution in [1.82, 2.24) is 0 Å². The van der Waals surface area contributed by atoms with Crippen molar-refractivity contribution in [3.05, 3.63) is 120 Å². The van der Waals surface area contributed by atoms with Crippen molar-refractivity contribution in [3.8, 4) is 0 Å². The topological polar surface area (TPSA) is 55.4 Å². The molecule has 6 heteroatoms. The van der Waals surface area contributed by atoms with Crippen molar-refractivity contribution in [2.24, 2.45) is 0 Å². The molecule has 1 saturated heterocycles. The molecular formula is C31H36O6. The van der Waals surface area contributed by atoms with Crippen LogP contribution in [-0.2, 0) is 48.2 Å². The van der Waals surface area contributed by atoms with Gasteiger partial charge in [-0.3, -0.25) is 0 Å². The molecule has 1 heterocycles. The van der Waals surface area contributed by atoms with Crippen LogP contribution in [0.5, 0.6) is 0 Å². The zero-order valence-electron chi connectivity index (χ0n) is 21.3. The first-order chi connectivity index (χ1) is 18.3. The highest BCUT2D eigenvalue weighted by molar-refractivity contribution is 5.15. The summed E-state index contributed by atoms with van der Waals surface area (Å²) in [4.78, 5) is 0. The molecule has 3 aromatic carbocycles. The van der Waals surface area contributed by atoms with E-state index < -0.39 is 30.7 Å². The van der Waals surface area contributed by atoms with Gasteiger partial charge in [-0.15, -0.1) is 6.58 Å². The summed E-state index contributed by atoms with van der Waals surface area (Å²) in [6, 6.07) is 30.1. The van der Waals surface area contributed by atoms with Gasteiger partial charge in [-0.1, -0.05) is 97.1 Å². The Morgan fingerprint density at radius 2 is 1.19 bits per heavy atom. The van der Waals surface area contributed by atoms with Gasteiger partial charge in [0.2, 0.25) is 0 Å². The average molecular weight is 505 g/mol. The first-order valence-electron chi connectivity index (χ1n) is 12.6. The number of methoxy groups -OCH3 is 1. The Hall–Kier alpha value is -2.84. The van der Waals surface area contributed by atoms with E-state index in [4.69, 9.17) is 28.4 Å². The highest BCUT2D eigenvalue weighted by atomic mass is 16.7. The van der Waals surface area contributed by atoms with Crippen LogP contribution in [-0.4, -0.2) is 51.0 Å². The van der Waals surface area contributed by atoms with Crippen molar-refractivity contribution >= 4 is 0 Å². The van der Waals surface area contributed by atoms with Gasteiger partial charge in [-0.05, 0) is 16.7 Å². The Morgan fingerprint density at radius 3 is 1.70 bits per heavy atom. The lowest BCUT2D eigenvalue weighted by molar-refractivity contribution is -0.322. The molecule has 0 spiro atoms. The summed E-state index contributed by atoms with van der Waals surface area (Å²) < 4.78 is 37.3. The summed E-state index contributed by atoms with van der Waals surface area (Å²) in [7, 11) is 1.67. The van der Waals surface area contributed by atoms with Crippen molar-refractivity contribution in [3.63, 3.8) is 0 Å². The second-order valence-electron chi connectivity index (χ2n) is 8.89. The van der Waals surface area contributed by atoms with E-state index in [9.17, 15) is 0 Å². The molecule has 5 atom stereocenters. The standard InChI is InChI=1S/C31H36O6/c1-3-19-34-31-30(36-22-26-17-11-6-12-18-26)29(32-2)28(35-21-25-15-9-5-10-16-25)27(37-31)23-33-20-24-13-7-4-8-14-24/h3-18,27-31H,1,19-23H2,2H3/t27-,28-,29+,30-,31?/m1/s1. The number of benzene rings is 3. The van der Waals surface area contributed by atoms with Crippen molar-refractivity contribution in [2.75, 3.05) is 20.3 Å². The lowest BCUT2D eigenvalue weighted by atomic mass is 9.98. The Bertz CT molecular complexity index is 1030. The van der Waals surface area contributed by atoms with Crippen LogP contribution >= 0.6 is 0 Å². The highest BCUT2D eigenvalue weighted by Crippen LogP contribution is 2.30. The van der Waals surface area contributed by atoms with Gasteiger partial charge < -0.3 is 28.4 Å². The Balaban J connectivity index is 1.51. The van der Waals surface area contributed by atoms with Crippen molar-refractivity contribution in [1.29, 1.82) is 0 Å². The minimum Gasteiger partial charge on any atom is -0.376 e. The van der Waals surface area contributed by atoms with Crippen LogP contribution in [0.25, 0.3) is 0 Å². The molecule has 0 N–H and O–H groups in total. The van der Waals surface area contributed by atoms with Crippen LogP contribution in [0.3, 0.4) is 0 Å². The number of rotatable bonds is 14. The van der Waals surface area contributed by atoms with Crippen LogP contribution in [0.1, 0.15) is 16.7 Å². The Kier molecular flexibility index (Phi) is 10.9. The van der Waals surface area contributed by atoms with Crippen LogP contribution < -0.4 is 0 Å². The third-order valence-electron chi connectivity index (χ3n) is 6.21. The largest absolute Gasteiger partial charge is 0.376 e. The molecule has 0 aromatic heterocycles. The van der Waals surface area contributed by atoms with Crippen LogP contribution in [0.4, 0.5) is 0 Å². The Morgan fingerprint density at radius 1 is 0.676 bits per heavy atom. The molecule has 0 saturated carbocycles. The molecule has 1 unspecified atom stereocenters. The molecule has 1 aliphatic rings. The van der Waals surface area contributed by atoms with Gasteiger partial charge in [0.05, 0.1) is 33.0 Å². The van der Waals surface area contributed by atoms with Crippen LogP contribution in [0, 0.1) is 0 Å². The molecule has 3 aromatic rings. The fraction of sp³-hybridized carbons (Fsp3) is 0.355. The van der Waals surface area contributed by atoms with Gasteiger partial charge in [0.15, 0.2) is 6.29 Å². The number of hydrogen-bond acceptors (Lipinski definition) is 6. The van der Waals surface area contributed by atoms with Gasteiger partial charge in [-0.2, -0.15) is 0 Å². The second kappa shape index (κ2) is 14.8. The van der Waals surface area contributed by atoms with Crippen molar-refractivity contribution in [2.45, 2.75) is 50.5 Å². The third-order valence-corrected chi connectivity index (χ3v) is 6.21. The van der Waals surface area contributed by atoms with E-state index in [0.29, 0.717) is 33.0 Å². The maximum atomic E-state index is 6.44. The molecule has 0 aliphatic carbocycles. The molecule has 0 bridgehead atoms. The van der Waals surface area contributed by atoms with E-state index in [2.05, 4.69) is 6.58 Å². The third kappa shape index (κ3) is 8.07. The molecule has 1 fully saturated rings. The van der Waals surface area contributed by atoms with Gasteiger partial charge in [0.1, 0.15) is 24.4 Å². The quantitative estimate of drug-likeness (QED) is 0.277. The molecule has 1 aliphatic heterocycles. The first kappa shape index (κ1) is 27.2. The maximum Gasteiger partial charge on any atom is 0.187 e. The minimum atomic E-state index is -0.673. The van der Waals surface area contributed by atoms with E-state index in [-0.39, 0.29) is 0 Å². The van der Waals surface area contributed by atoms with E-state index in [1.165, 1.54) is 0 Å². The smallest absolute Gasteiger partial charge is 0.187 e. The van der Waals surface area contributed by atoms with Crippen LogP contribution in [0.15, 0.2) is 104 Å². The zero-order valence-corrected chi connectivity index (χ0v) is 21.3. The summed E-state index contributed by atoms with van der Waals surface area (Å²) in [5, 5.41) is 0. The molecule has 0 radical (unpaired) electrons. The normalized spacial score (nSPS) is 23.5. The summed E-state index contributed by atoms with van der Waals surface area (Å²) in [6.45, 7) is 5.68. The van der Waals surface area contributed by atoms with E-state index in [1.54, 1.807) is 13.2 Å². The fourth-order valence-corrected chi connectivity index (χ4v) is 4.36. The van der Waals surface area contributed by atoms with E-state index >= 15 is 0 Å². The van der Waals surface area contributed by atoms with E-state index in [0.717, 1.165) is 16.7 Å². The monoisotopic (exact) mass is 504 g/mol. The molecule has 6 nitrogen and oxygen atoms in total. The van der Waals surface area contributed by atoms with Gasteiger partial charge in [0, 0.05) is 7.11 Å². The molecule has 37 heavy (non-hydrogen) atoms. The minimum absolute atomic E-state index is 0.313. The van der Waals surface area contributed by atoms with Gasteiger partial charge in [-0.25, -0.2) is 0 Å². The summed E-state index contributed by atoms with van der Waals surface area (Å²) in [5.74, 6) is 0. The average Bonchev–Trinajstić information content (AvgIpc) is 2.96. The number of ether oxygens (including phenoxy) is 6. The predicted molar refractivity (Wildman–Crippen MR) is 142 cm³/mol. The van der Waals surface area contributed by atoms with Gasteiger partial charge >= 0.3 is 0 Å². The molecular weight excluding hydrogens is 468 g/mol. The lowest BCUT2D eigenvalue weighted by Crippen LogP contribution is -2.61. The SMILES string of the molecule is C=CCOC1O[C@H](COCc2ccccc2)[C@@H](OCc2ccccc2)[C@H](OC)[C@H]1OCc1ccccc1.